The maximum atomic E-state index is 13.1. The molecule has 146 valence electrons. The average molecular weight is 408 g/mol. The molecule has 0 saturated carbocycles. The molecule has 0 aliphatic carbocycles. The number of carbonyl (C=O) groups is 1. The van der Waals surface area contributed by atoms with E-state index in [1.807, 2.05) is 13.0 Å². The second-order valence-electron chi connectivity index (χ2n) is 6.25. The van der Waals surface area contributed by atoms with Crippen molar-refractivity contribution in [3.8, 4) is 10.4 Å². The number of nitrogens with zero attached hydrogens (tertiary/aromatic N) is 2. The van der Waals surface area contributed by atoms with Crippen molar-refractivity contribution in [1.82, 2.24) is 15.0 Å². The van der Waals surface area contributed by atoms with E-state index in [4.69, 9.17) is 0 Å². The maximum Gasteiger partial charge on any atom is 0.279 e. The molecule has 0 unspecified atom stereocenters. The van der Waals surface area contributed by atoms with Gasteiger partial charge in [0.15, 0.2) is 0 Å². The summed E-state index contributed by atoms with van der Waals surface area (Å²) in [6, 6.07) is 16.7. The van der Waals surface area contributed by atoms with E-state index in [0.29, 0.717) is 22.3 Å². The molecule has 4 rings (SSSR count). The van der Waals surface area contributed by atoms with Crippen molar-refractivity contribution in [2.24, 2.45) is 0 Å². The van der Waals surface area contributed by atoms with E-state index in [-0.39, 0.29) is 23.2 Å². The number of hydrogen-bond donors (Lipinski definition) is 2. The number of fused-ring (bicyclic) bond motifs is 1. The number of rotatable bonds is 5. The molecule has 0 aliphatic heterocycles. The fourth-order valence-electron chi connectivity index (χ4n) is 2.96. The van der Waals surface area contributed by atoms with Crippen LogP contribution in [-0.4, -0.2) is 15.5 Å². The molecule has 2 heterocycles. The van der Waals surface area contributed by atoms with Gasteiger partial charge >= 0.3 is 0 Å². The van der Waals surface area contributed by atoms with Gasteiger partial charge in [0.25, 0.3) is 11.5 Å². The smallest absolute Gasteiger partial charge is 0.277 e. The third-order valence-corrected chi connectivity index (χ3v) is 5.56. The Hall–Kier alpha value is -3.52. The molecule has 1 amide bonds. The van der Waals surface area contributed by atoms with Crippen LogP contribution in [0.15, 0.2) is 65.5 Å². The number of aromatic nitrogens is 2. The zero-order valence-corrected chi connectivity index (χ0v) is 16.3. The van der Waals surface area contributed by atoms with Gasteiger partial charge in [-0.2, -0.15) is 0 Å². The molecule has 2 aromatic heterocycles. The monoisotopic (exact) mass is 408 g/mol. The average Bonchev–Trinajstić information content (AvgIpc) is 3.23. The van der Waals surface area contributed by atoms with E-state index in [0.717, 1.165) is 10.4 Å². The molecule has 29 heavy (non-hydrogen) atoms. The molecule has 0 bridgehead atoms. The van der Waals surface area contributed by atoms with E-state index in [1.54, 1.807) is 42.5 Å². The van der Waals surface area contributed by atoms with E-state index < -0.39 is 0 Å². The third-order valence-electron chi connectivity index (χ3n) is 4.42. The van der Waals surface area contributed by atoms with Gasteiger partial charge in [-0.05, 0) is 48.9 Å². The van der Waals surface area contributed by atoms with E-state index in [9.17, 15) is 14.0 Å². The SMILES string of the molecule is CCn1c(NNC(=O)c2ccc(-c3ccc(F)cc3)s2)nc2ccccc2c1=O. The van der Waals surface area contributed by atoms with Crippen molar-refractivity contribution in [3.63, 3.8) is 0 Å². The quantitative estimate of drug-likeness (QED) is 0.489. The van der Waals surface area contributed by atoms with Crippen molar-refractivity contribution >= 4 is 34.1 Å². The van der Waals surface area contributed by atoms with Crippen LogP contribution in [0, 0.1) is 5.82 Å². The van der Waals surface area contributed by atoms with Gasteiger partial charge in [-0.25, -0.2) is 9.37 Å². The first-order valence-corrected chi connectivity index (χ1v) is 9.80. The van der Waals surface area contributed by atoms with Crippen molar-refractivity contribution in [2.75, 3.05) is 5.43 Å². The summed E-state index contributed by atoms with van der Waals surface area (Å²) in [6.45, 7) is 2.24. The number of thiophene rings is 1. The first kappa shape index (κ1) is 18.8. The fraction of sp³-hybridized carbons (Fsp3) is 0.0952. The molecule has 0 fully saturated rings. The molecule has 0 saturated heterocycles. The Bertz CT molecular complexity index is 1250. The number of hydrogen-bond acceptors (Lipinski definition) is 5. The van der Waals surface area contributed by atoms with Crippen molar-refractivity contribution in [2.45, 2.75) is 13.5 Å². The minimum absolute atomic E-state index is 0.176. The Kier molecular flexibility index (Phi) is 5.09. The standard InChI is InChI=1S/C21H17FN4O2S/c1-2-26-20(28)15-5-3-4-6-16(15)23-21(26)25-24-19(27)18-12-11-17(29-18)13-7-9-14(22)10-8-13/h3-12H,2H2,1H3,(H,23,25)(H,24,27). The summed E-state index contributed by atoms with van der Waals surface area (Å²) in [5, 5.41) is 0.522. The first-order chi connectivity index (χ1) is 14.1. The van der Waals surface area contributed by atoms with Gasteiger partial charge in [-0.15, -0.1) is 11.3 Å². The van der Waals surface area contributed by atoms with Gasteiger partial charge < -0.3 is 0 Å². The van der Waals surface area contributed by atoms with Gasteiger partial charge in [-0.1, -0.05) is 24.3 Å². The first-order valence-electron chi connectivity index (χ1n) is 8.98. The van der Waals surface area contributed by atoms with Crippen molar-refractivity contribution in [3.05, 3.63) is 81.7 Å². The lowest BCUT2D eigenvalue weighted by Gasteiger charge is -2.13. The Morgan fingerprint density at radius 2 is 1.86 bits per heavy atom. The molecule has 0 atom stereocenters. The van der Waals surface area contributed by atoms with Crippen LogP contribution in [0.25, 0.3) is 21.3 Å². The van der Waals surface area contributed by atoms with Crippen LogP contribution < -0.4 is 16.4 Å². The van der Waals surface area contributed by atoms with Crippen LogP contribution in [-0.2, 0) is 6.54 Å². The number of carbonyl (C=O) groups excluding carboxylic acids is 1. The van der Waals surface area contributed by atoms with Crippen LogP contribution in [0.3, 0.4) is 0 Å². The van der Waals surface area contributed by atoms with Gasteiger partial charge in [0.05, 0.1) is 15.8 Å². The van der Waals surface area contributed by atoms with Gasteiger partial charge in [-0.3, -0.25) is 25.0 Å². The fourth-order valence-corrected chi connectivity index (χ4v) is 3.87. The highest BCUT2D eigenvalue weighted by molar-refractivity contribution is 7.17. The number of anilines is 1. The number of hydrazine groups is 1. The molecule has 0 radical (unpaired) electrons. The Labute approximate surface area is 169 Å². The Morgan fingerprint density at radius 3 is 2.62 bits per heavy atom. The molecule has 4 aromatic rings. The van der Waals surface area contributed by atoms with Crippen molar-refractivity contribution in [1.29, 1.82) is 0 Å². The molecule has 2 aromatic carbocycles. The second kappa shape index (κ2) is 7.84. The van der Waals surface area contributed by atoms with Crippen LogP contribution in [0.1, 0.15) is 16.6 Å². The minimum atomic E-state index is -0.353. The Morgan fingerprint density at radius 1 is 1.10 bits per heavy atom. The zero-order chi connectivity index (χ0) is 20.4. The number of nitrogens with one attached hydrogen (secondary N) is 2. The lowest BCUT2D eigenvalue weighted by molar-refractivity contribution is 0.0966. The molecule has 0 aliphatic rings. The lowest BCUT2D eigenvalue weighted by atomic mass is 10.2. The maximum absolute atomic E-state index is 13.1. The predicted octanol–water partition coefficient (Wildman–Crippen LogP) is 4.04. The van der Waals surface area contributed by atoms with E-state index >= 15 is 0 Å². The summed E-state index contributed by atoms with van der Waals surface area (Å²) in [7, 11) is 0. The normalized spacial score (nSPS) is 10.8. The van der Waals surface area contributed by atoms with Crippen LogP contribution >= 0.6 is 11.3 Å². The van der Waals surface area contributed by atoms with Crippen molar-refractivity contribution < 1.29 is 9.18 Å². The van der Waals surface area contributed by atoms with Crippen LogP contribution in [0.5, 0.6) is 0 Å². The van der Waals surface area contributed by atoms with E-state index in [2.05, 4.69) is 15.8 Å². The zero-order valence-electron chi connectivity index (χ0n) is 15.5. The highest BCUT2D eigenvalue weighted by atomic mass is 32.1. The third kappa shape index (κ3) is 3.74. The van der Waals surface area contributed by atoms with Crippen LogP contribution in [0.4, 0.5) is 10.3 Å². The lowest BCUT2D eigenvalue weighted by Crippen LogP contribution is -2.34. The highest BCUT2D eigenvalue weighted by Crippen LogP contribution is 2.28. The summed E-state index contributed by atoms with van der Waals surface area (Å²) in [6.07, 6.45) is 0. The van der Waals surface area contributed by atoms with E-state index in [1.165, 1.54) is 28.0 Å². The summed E-state index contributed by atoms with van der Waals surface area (Å²) >= 11 is 1.29. The van der Waals surface area contributed by atoms with Gasteiger partial charge in [0, 0.05) is 11.4 Å². The van der Waals surface area contributed by atoms with Gasteiger partial charge in [0.1, 0.15) is 5.82 Å². The summed E-state index contributed by atoms with van der Waals surface area (Å²) in [5.41, 5.74) is 6.56. The second-order valence-corrected chi connectivity index (χ2v) is 7.34. The molecule has 8 heteroatoms. The topological polar surface area (TPSA) is 76.0 Å². The molecule has 0 spiro atoms. The largest absolute Gasteiger partial charge is 0.279 e. The summed E-state index contributed by atoms with van der Waals surface area (Å²) in [5.74, 6) is -0.398. The molecular formula is C21H17FN4O2S. The number of amides is 1. The number of para-hydroxylation sites is 1. The highest BCUT2D eigenvalue weighted by Gasteiger charge is 2.13. The number of benzene rings is 2. The van der Waals surface area contributed by atoms with Gasteiger partial charge in [0.2, 0.25) is 5.95 Å². The molecule has 2 N–H and O–H groups in total. The molecular weight excluding hydrogens is 391 g/mol. The summed E-state index contributed by atoms with van der Waals surface area (Å²) < 4.78 is 14.5. The van der Waals surface area contributed by atoms with Crippen LogP contribution in [0.2, 0.25) is 0 Å². The number of halogens is 1. The minimum Gasteiger partial charge on any atom is -0.277 e. The summed E-state index contributed by atoms with van der Waals surface area (Å²) in [4.78, 5) is 30.9. The Balaban J connectivity index is 1.54. The molecule has 6 nitrogen and oxygen atoms in total. The predicted molar refractivity (Wildman–Crippen MR) is 112 cm³/mol.